The van der Waals surface area contributed by atoms with Crippen molar-refractivity contribution in [3.63, 3.8) is 0 Å². The number of carboxylic acid groups (broad SMARTS) is 1. The third-order valence-electron chi connectivity index (χ3n) is 5.49. The topological polar surface area (TPSA) is 97.5 Å². The number of carboxylic acids is 1. The van der Waals surface area contributed by atoms with Gasteiger partial charge in [-0.3, -0.25) is 4.79 Å². The second-order valence-corrected chi connectivity index (χ2v) is 8.16. The van der Waals surface area contributed by atoms with Crippen LogP contribution in [-0.4, -0.2) is 51.5 Å². The molecule has 1 aromatic carbocycles. The second kappa shape index (κ2) is 9.12. The van der Waals surface area contributed by atoms with Gasteiger partial charge in [0.15, 0.2) is 12.4 Å². The standard InChI is InChI=1S/C22H22ClFN4O4/c1-27-18-3-2-13(8-14(18)10-19(21(27)31)32-12-20(29)30)9-17-16(23)11-25-22(26-17)28-6-4-15(24)5-7-28/h2-3,8,10-11,15H,4-7,9,12H2,1H3,(H,29,30). The SMILES string of the molecule is Cn1c(=O)c(OCC(=O)O)cc2cc(Cc3nc(N4CCC(F)CC4)ncc3Cl)ccc21. The number of rotatable bonds is 6. The van der Waals surface area contributed by atoms with Crippen LogP contribution in [0.4, 0.5) is 10.3 Å². The number of aryl methyl sites for hydroxylation is 1. The number of aliphatic carboxylic acids is 1. The Balaban J connectivity index is 1.62. The molecule has 0 atom stereocenters. The minimum Gasteiger partial charge on any atom is -0.479 e. The number of ether oxygens (including phenoxy) is 1. The molecule has 0 bridgehead atoms. The Morgan fingerprint density at radius 3 is 2.78 bits per heavy atom. The van der Waals surface area contributed by atoms with E-state index in [4.69, 9.17) is 21.4 Å². The number of alkyl halides is 1. The summed E-state index contributed by atoms with van der Waals surface area (Å²) in [5, 5.41) is 9.98. The summed E-state index contributed by atoms with van der Waals surface area (Å²) in [6.45, 7) is 0.524. The maximum Gasteiger partial charge on any atom is 0.341 e. The molecule has 1 aliphatic rings. The summed E-state index contributed by atoms with van der Waals surface area (Å²) in [6, 6.07) is 7.12. The highest BCUT2D eigenvalue weighted by molar-refractivity contribution is 6.31. The van der Waals surface area contributed by atoms with Crippen LogP contribution in [0.3, 0.4) is 0 Å². The molecular weight excluding hydrogens is 439 g/mol. The number of nitrogens with zero attached hydrogens (tertiary/aromatic N) is 4. The summed E-state index contributed by atoms with van der Waals surface area (Å²) in [7, 11) is 1.60. The molecule has 0 amide bonds. The average Bonchev–Trinajstić information content (AvgIpc) is 2.77. The van der Waals surface area contributed by atoms with E-state index in [0.717, 1.165) is 10.9 Å². The highest BCUT2D eigenvalue weighted by Crippen LogP contribution is 2.25. The van der Waals surface area contributed by atoms with Crippen molar-refractivity contribution >= 4 is 34.4 Å². The van der Waals surface area contributed by atoms with Crippen molar-refractivity contribution in [3.8, 4) is 5.75 Å². The first-order valence-electron chi connectivity index (χ1n) is 10.2. The van der Waals surface area contributed by atoms with Crippen molar-refractivity contribution in [1.82, 2.24) is 14.5 Å². The molecule has 1 fully saturated rings. The molecule has 0 radical (unpaired) electrons. The maximum absolute atomic E-state index is 13.5. The molecule has 3 aromatic rings. The zero-order valence-electron chi connectivity index (χ0n) is 17.4. The van der Waals surface area contributed by atoms with Crippen LogP contribution in [-0.2, 0) is 18.3 Å². The van der Waals surface area contributed by atoms with Gasteiger partial charge in [0.1, 0.15) is 6.17 Å². The molecule has 1 N–H and O–H groups in total. The fourth-order valence-electron chi connectivity index (χ4n) is 3.77. The van der Waals surface area contributed by atoms with Gasteiger partial charge in [-0.2, -0.15) is 0 Å². The molecule has 1 aliphatic heterocycles. The summed E-state index contributed by atoms with van der Waals surface area (Å²) < 4.78 is 20.0. The van der Waals surface area contributed by atoms with Crippen LogP contribution in [0.5, 0.6) is 5.75 Å². The third-order valence-corrected chi connectivity index (χ3v) is 5.81. The van der Waals surface area contributed by atoms with Gasteiger partial charge in [0.2, 0.25) is 5.95 Å². The Bertz CT molecular complexity index is 1220. The van der Waals surface area contributed by atoms with E-state index in [1.54, 1.807) is 13.2 Å². The summed E-state index contributed by atoms with van der Waals surface area (Å²) in [6.07, 6.45) is 2.12. The van der Waals surface area contributed by atoms with Gasteiger partial charge in [-0.25, -0.2) is 19.2 Å². The van der Waals surface area contributed by atoms with E-state index in [1.807, 2.05) is 23.1 Å². The van der Waals surface area contributed by atoms with Crippen molar-refractivity contribution in [3.05, 3.63) is 57.1 Å². The first-order valence-corrected chi connectivity index (χ1v) is 10.6. The van der Waals surface area contributed by atoms with Crippen molar-refractivity contribution in [2.24, 2.45) is 7.05 Å². The van der Waals surface area contributed by atoms with Crippen LogP contribution in [0.1, 0.15) is 24.1 Å². The number of hydrogen-bond donors (Lipinski definition) is 1. The van der Waals surface area contributed by atoms with Crippen LogP contribution in [0.2, 0.25) is 5.02 Å². The number of anilines is 1. The molecule has 0 spiro atoms. The number of carbonyl (C=O) groups is 1. The Hall–Kier alpha value is -3.20. The number of benzene rings is 1. The van der Waals surface area contributed by atoms with Gasteiger partial charge in [0.05, 0.1) is 22.4 Å². The molecule has 32 heavy (non-hydrogen) atoms. The van der Waals surface area contributed by atoms with Gasteiger partial charge in [-0.05, 0) is 36.6 Å². The number of halogens is 2. The van der Waals surface area contributed by atoms with E-state index in [-0.39, 0.29) is 5.75 Å². The molecule has 0 aliphatic carbocycles. The molecule has 8 nitrogen and oxygen atoms in total. The predicted molar refractivity (Wildman–Crippen MR) is 119 cm³/mol. The van der Waals surface area contributed by atoms with E-state index in [0.29, 0.717) is 54.5 Å². The third kappa shape index (κ3) is 4.67. The van der Waals surface area contributed by atoms with Gasteiger partial charge in [-0.15, -0.1) is 0 Å². The smallest absolute Gasteiger partial charge is 0.341 e. The van der Waals surface area contributed by atoms with Crippen LogP contribution in [0.25, 0.3) is 10.9 Å². The van der Waals surface area contributed by atoms with Gasteiger partial charge in [0, 0.05) is 31.9 Å². The molecule has 0 saturated carbocycles. The lowest BCUT2D eigenvalue weighted by atomic mass is 10.1. The lowest BCUT2D eigenvalue weighted by Gasteiger charge is -2.28. The lowest BCUT2D eigenvalue weighted by molar-refractivity contribution is -0.139. The van der Waals surface area contributed by atoms with E-state index in [1.165, 1.54) is 10.6 Å². The van der Waals surface area contributed by atoms with Crippen molar-refractivity contribution in [1.29, 1.82) is 0 Å². The first kappa shape index (κ1) is 22.0. The number of piperidine rings is 1. The Labute approximate surface area is 188 Å². The molecule has 2 aromatic heterocycles. The van der Waals surface area contributed by atoms with E-state index in [9.17, 15) is 14.0 Å². The monoisotopic (exact) mass is 460 g/mol. The fraction of sp³-hybridized carbons (Fsp3) is 0.364. The molecule has 1 saturated heterocycles. The molecule has 4 rings (SSSR count). The molecule has 3 heterocycles. The number of pyridine rings is 1. The summed E-state index contributed by atoms with van der Waals surface area (Å²) in [4.78, 5) is 34.1. The lowest BCUT2D eigenvalue weighted by Crippen LogP contribution is -2.35. The van der Waals surface area contributed by atoms with E-state index < -0.39 is 24.3 Å². The Kier molecular flexibility index (Phi) is 6.27. The van der Waals surface area contributed by atoms with E-state index in [2.05, 4.69) is 9.97 Å². The van der Waals surface area contributed by atoms with Crippen molar-refractivity contribution in [2.75, 3.05) is 24.6 Å². The number of fused-ring (bicyclic) bond motifs is 1. The number of hydrogen-bond acceptors (Lipinski definition) is 6. The molecular formula is C22H22ClFN4O4. The molecule has 10 heteroatoms. The summed E-state index contributed by atoms with van der Waals surface area (Å²) >= 11 is 6.34. The largest absolute Gasteiger partial charge is 0.479 e. The summed E-state index contributed by atoms with van der Waals surface area (Å²) in [5.74, 6) is -0.659. The van der Waals surface area contributed by atoms with Crippen LogP contribution in [0.15, 0.2) is 35.3 Å². The highest BCUT2D eigenvalue weighted by atomic mass is 35.5. The molecule has 0 unspecified atom stereocenters. The normalized spacial score (nSPS) is 14.7. The quantitative estimate of drug-likeness (QED) is 0.603. The minimum absolute atomic E-state index is 0.0295. The van der Waals surface area contributed by atoms with Crippen LogP contribution < -0.4 is 15.2 Å². The predicted octanol–water partition coefficient (Wildman–Crippen LogP) is 2.97. The zero-order valence-corrected chi connectivity index (χ0v) is 18.2. The Morgan fingerprint density at radius 1 is 1.31 bits per heavy atom. The van der Waals surface area contributed by atoms with Gasteiger partial charge in [-0.1, -0.05) is 17.7 Å². The fourth-order valence-corrected chi connectivity index (χ4v) is 3.92. The first-order chi connectivity index (χ1) is 15.3. The zero-order chi connectivity index (χ0) is 22.8. The van der Waals surface area contributed by atoms with Crippen molar-refractivity contribution < 1.29 is 19.0 Å². The van der Waals surface area contributed by atoms with E-state index >= 15 is 0 Å². The van der Waals surface area contributed by atoms with Crippen LogP contribution in [0, 0.1) is 0 Å². The highest BCUT2D eigenvalue weighted by Gasteiger charge is 2.21. The maximum atomic E-state index is 13.5. The molecule has 168 valence electrons. The second-order valence-electron chi connectivity index (χ2n) is 7.75. The van der Waals surface area contributed by atoms with Crippen molar-refractivity contribution in [2.45, 2.75) is 25.4 Å². The number of aromatic nitrogens is 3. The average molecular weight is 461 g/mol. The van der Waals surface area contributed by atoms with Gasteiger partial charge in [0.25, 0.3) is 5.56 Å². The summed E-state index contributed by atoms with van der Waals surface area (Å²) in [5.41, 5.74) is 1.82. The van der Waals surface area contributed by atoms with Gasteiger partial charge < -0.3 is 19.3 Å². The van der Waals surface area contributed by atoms with Gasteiger partial charge >= 0.3 is 5.97 Å². The minimum atomic E-state index is -1.16. The Morgan fingerprint density at radius 2 is 2.06 bits per heavy atom. The van der Waals surface area contributed by atoms with Crippen LogP contribution >= 0.6 is 11.6 Å².